The number of pyridine rings is 1. The lowest BCUT2D eigenvalue weighted by Crippen LogP contribution is -2.63. The smallest absolute Gasteiger partial charge is 0.225 e. The average molecular weight is 403 g/mol. The van der Waals surface area contributed by atoms with E-state index in [0.717, 1.165) is 61.4 Å². The molecule has 0 atom stereocenters. The summed E-state index contributed by atoms with van der Waals surface area (Å²) in [5, 5.41) is 13.0. The number of hydrogen-bond acceptors (Lipinski definition) is 8. The van der Waals surface area contributed by atoms with Crippen LogP contribution in [-0.2, 0) is 0 Å². The second kappa shape index (κ2) is 6.94. The van der Waals surface area contributed by atoms with Gasteiger partial charge in [-0.05, 0) is 25.0 Å². The van der Waals surface area contributed by atoms with Gasteiger partial charge in [-0.2, -0.15) is 9.37 Å². The van der Waals surface area contributed by atoms with Crippen LogP contribution in [0.2, 0.25) is 0 Å². The number of halogens is 1. The third kappa shape index (κ3) is 3.01. The van der Waals surface area contributed by atoms with E-state index in [0.29, 0.717) is 5.56 Å². The fourth-order valence-corrected chi connectivity index (χ4v) is 4.98. The van der Waals surface area contributed by atoms with Crippen LogP contribution in [0.1, 0.15) is 12.8 Å². The Hall–Kier alpha value is -2.30. The van der Waals surface area contributed by atoms with E-state index < -0.39 is 5.95 Å². The van der Waals surface area contributed by atoms with Gasteiger partial charge < -0.3 is 20.3 Å². The van der Waals surface area contributed by atoms with Crippen molar-refractivity contribution in [3.05, 3.63) is 24.3 Å². The number of ether oxygens (including phenoxy) is 1. The first-order chi connectivity index (χ1) is 13.7. The predicted molar refractivity (Wildman–Crippen MR) is 106 cm³/mol. The van der Waals surface area contributed by atoms with Gasteiger partial charge in [0.2, 0.25) is 21.9 Å². The summed E-state index contributed by atoms with van der Waals surface area (Å²) in [6.45, 7) is 5.02. The number of anilines is 1. The van der Waals surface area contributed by atoms with Gasteiger partial charge in [-0.15, -0.1) is 5.10 Å². The van der Waals surface area contributed by atoms with E-state index in [1.54, 1.807) is 28.1 Å². The highest BCUT2D eigenvalue weighted by Crippen LogP contribution is 2.34. The lowest BCUT2D eigenvalue weighted by atomic mass is 9.86. The zero-order chi connectivity index (χ0) is 19.1. The maximum absolute atomic E-state index is 13.4. The highest BCUT2D eigenvalue weighted by molar-refractivity contribution is 7.20. The number of aromatic nitrogens is 4. The van der Waals surface area contributed by atoms with Gasteiger partial charge in [0, 0.05) is 38.3 Å². The van der Waals surface area contributed by atoms with Gasteiger partial charge in [-0.1, -0.05) is 11.3 Å². The lowest BCUT2D eigenvalue weighted by Gasteiger charge is -2.45. The van der Waals surface area contributed by atoms with Crippen LogP contribution in [0.15, 0.2) is 18.3 Å². The summed E-state index contributed by atoms with van der Waals surface area (Å²) in [5.74, 6) is -0.347. The van der Waals surface area contributed by atoms with Crippen molar-refractivity contribution in [2.45, 2.75) is 18.4 Å². The van der Waals surface area contributed by atoms with Gasteiger partial charge in [-0.3, -0.25) is 0 Å². The summed E-state index contributed by atoms with van der Waals surface area (Å²) < 4.78 is 20.5. The van der Waals surface area contributed by atoms with Crippen molar-refractivity contribution in [2.75, 3.05) is 44.7 Å². The van der Waals surface area contributed by atoms with Crippen LogP contribution < -0.4 is 20.3 Å². The number of methoxy groups -OCH3 is 1. The third-order valence-corrected chi connectivity index (χ3v) is 6.61. The van der Waals surface area contributed by atoms with Crippen molar-refractivity contribution in [3.8, 4) is 17.1 Å². The Morgan fingerprint density at radius 3 is 2.86 bits per heavy atom. The number of piperidine rings is 1. The van der Waals surface area contributed by atoms with E-state index in [4.69, 9.17) is 9.84 Å². The van der Waals surface area contributed by atoms with Crippen molar-refractivity contribution in [1.82, 2.24) is 30.2 Å². The molecule has 10 heteroatoms. The molecular weight excluding hydrogens is 381 g/mol. The topological polar surface area (TPSA) is 79.6 Å². The molecule has 2 aliphatic heterocycles. The van der Waals surface area contributed by atoms with E-state index in [9.17, 15) is 4.39 Å². The highest BCUT2D eigenvalue weighted by Gasteiger charge is 2.36. The zero-order valence-electron chi connectivity index (χ0n) is 15.6. The first-order valence-electron chi connectivity index (χ1n) is 9.44. The molecule has 8 nitrogen and oxygen atoms in total. The minimum atomic E-state index is -0.576. The Morgan fingerprint density at radius 1 is 1.25 bits per heavy atom. The first kappa shape index (κ1) is 17.8. The largest absolute Gasteiger partial charge is 0.480 e. The van der Waals surface area contributed by atoms with E-state index in [-0.39, 0.29) is 11.4 Å². The summed E-state index contributed by atoms with van der Waals surface area (Å²) in [4.78, 5) is 11.4. The number of imidazole rings is 1. The molecule has 0 unspecified atom stereocenters. The first-order valence-corrected chi connectivity index (χ1v) is 10.3. The molecule has 1 spiro atoms. The SMILES string of the molecule is COc1nc(F)ccc1-c1cnc2sc(N3CCC4(CC3)CNCCN4)nn12. The molecule has 5 heterocycles. The quantitative estimate of drug-likeness (QED) is 0.642. The molecule has 2 saturated heterocycles. The van der Waals surface area contributed by atoms with Gasteiger partial charge in [0.15, 0.2) is 0 Å². The average Bonchev–Trinajstić information content (AvgIpc) is 3.30. The molecule has 148 valence electrons. The fourth-order valence-electron chi connectivity index (χ4n) is 4.05. The molecule has 0 aliphatic carbocycles. The van der Waals surface area contributed by atoms with Gasteiger partial charge in [0.1, 0.15) is 0 Å². The number of nitrogens with one attached hydrogen (secondary N) is 2. The van der Waals surface area contributed by atoms with Crippen LogP contribution in [0.4, 0.5) is 9.52 Å². The highest BCUT2D eigenvalue weighted by atomic mass is 32.1. The molecule has 2 fully saturated rings. The number of fused-ring (bicyclic) bond motifs is 1. The Labute approximate surface area is 165 Å². The van der Waals surface area contributed by atoms with Crippen LogP contribution in [0, 0.1) is 5.95 Å². The normalized spacial score (nSPS) is 19.4. The minimum Gasteiger partial charge on any atom is -0.480 e. The summed E-state index contributed by atoms with van der Waals surface area (Å²) in [6, 6.07) is 2.97. The minimum absolute atomic E-state index is 0.213. The standard InChI is InChI=1S/C18H22FN7OS/c1-27-15-12(2-3-14(19)23-15)13-10-21-16-26(13)24-17(28-16)25-8-4-18(5-9-25)11-20-6-7-22-18/h2-3,10,20,22H,4-9,11H2,1H3. The number of rotatable bonds is 3. The molecule has 2 aliphatic rings. The van der Waals surface area contributed by atoms with Crippen molar-refractivity contribution < 1.29 is 9.13 Å². The Balaban J connectivity index is 1.41. The zero-order valence-corrected chi connectivity index (χ0v) is 16.4. The van der Waals surface area contributed by atoms with Crippen LogP contribution in [-0.4, -0.2) is 65.0 Å². The molecule has 0 radical (unpaired) electrons. The fraction of sp³-hybridized carbons (Fsp3) is 0.500. The van der Waals surface area contributed by atoms with Crippen molar-refractivity contribution in [2.24, 2.45) is 0 Å². The molecule has 0 aromatic carbocycles. The maximum Gasteiger partial charge on any atom is 0.225 e. The van der Waals surface area contributed by atoms with Gasteiger partial charge in [0.25, 0.3) is 0 Å². The van der Waals surface area contributed by atoms with Gasteiger partial charge in [-0.25, -0.2) is 9.50 Å². The van der Waals surface area contributed by atoms with E-state index >= 15 is 0 Å². The molecule has 2 N–H and O–H groups in total. The summed E-state index contributed by atoms with van der Waals surface area (Å²) in [5.41, 5.74) is 1.63. The van der Waals surface area contributed by atoms with Gasteiger partial charge >= 0.3 is 0 Å². The van der Waals surface area contributed by atoms with E-state index in [1.165, 1.54) is 13.2 Å². The third-order valence-electron chi connectivity index (χ3n) is 5.63. The van der Waals surface area contributed by atoms with E-state index in [2.05, 4.69) is 25.5 Å². The molecule has 28 heavy (non-hydrogen) atoms. The molecule has 5 rings (SSSR count). The van der Waals surface area contributed by atoms with Crippen molar-refractivity contribution in [1.29, 1.82) is 0 Å². The molecule has 3 aromatic rings. The number of piperazine rings is 1. The number of nitrogens with zero attached hydrogens (tertiary/aromatic N) is 5. The maximum atomic E-state index is 13.4. The van der Waals surface area contributed by atoms with E-state index in [1.807, 2.05) is 0 Å². The van der Waals surface area contributed by atoms with Crippen molar-refractivity contribution >= 4 is 21.4 Å². The summed E-state index contributed by atoms with van der Waals surface area (Å²) in [7, 11) is 1.48. The Bertz CT molecular complexity index is 987. The lowest BCUT2D eigenvalue weighted by molar-refractivity contribution is 0.222. The van der Waals surface area contributed by atoms with Crippen LogP contribution in [0.3, 0.4) is 0 Å². The summed E-state index contributed by atoms with van der Waals surface area (Å²) >= 11 is 1.57. The molecule has 3 aromatic heterocycles. The Kier molecular flexibility index (Phi) is 4.41. The molecule has 0 amide bonds. The predicted octanol–water partition coefficient (Wildman–Crippen LogP) is 1.53. The van der Waals surface area contributed by atoms with Gasteiger partial charge in [0.05, 0.1) is 24.6 Å². The molecule has 0 saturated carbocycles. The van der Waals surface area contributed by atoms with Crippen molar-refractivity contribution in [3.63, 3.8) is 0 Å². The second-order valence-corrected chi connectivity index (χ2v) is 8.22. The second-order valence-electron chi connectivity index (χ2n) is 7.28. The molecule has 0 bridgehead atoms. The van der Waals surface area contributed by atoms with Crippen LogP contribution in [0.25, 0.3) is 16.2 Å². The van der Waals surface area contributed by atoms with Crippen LogP contribution >= 0.6 is 11.3 Å². The summed E-state index contributed by atoms with van der Waals surface area (Å²) in [6.07, 6.45) is 3.90. The Morgan fingerprint density at radius 2 is 2.11 bits per heavy atom. The van der Waals surface area contributed by atoms with Crippen LogP contribution in [0.5, 0.6) is 5.88 Å². The monoisotopic (exact) mass is 403 g/mol. The number of hydrogen-bond donors (Lipinski definition) is 2. The molecular formula is C18H22FN7OS.